The second-order valence-corrected chi connectivity index (χ2v) is 8.20. The van der Waals surface area contributed by atoms with E-state index in [9.17, 15) is 22.9 Å². The topological polar surface area (TPSA) is 83.8 Å². The normalized spacial score (nSPS) is 24.7. The van der Waals surface area contributed by atoms with Gasteiger partial charge in [-0.25, -0.2) is 12.8 Å². The van der Waals surface area contributed by atoms with Crippen LogP contribution in [0.15, 0.2) is 18.2 Å². The number of nitro groups is 1. The van der Waals surface area contributed by atoms with Crippen molar-refractivity contribution in [1.82, 2.24) is 4.90 Å². The average Bonchev–Trinajstić information content (AvgIpc) is 2.87. The molecule has 1 aromatic carbocycles. The number of hydrogen-bond acceptors (Lipinski definition) is 6. The third-order valence-electron chi connectivity index (χ3n) is 4.51. The molecule has 2 aliphatic heterocycles. The van der Waals surface area contributed by atoms with Gasteiger partial charge in [0, 0.05) is 32.2 Å². The predicted molar refractivity (Wildman–Crippen MR) is 83.9 cm³/mol. The SMILES string of the molecule is O=[N+]([O-])c1cc(F)ccc1N1CCN(C2CCS(=O)(=O)C2)CC1. The van der Waals surface area contributed by atoms with E-state index >= 15 is 0 Å². The van der Waals surface area contributed by atoms with Crippen molar-refractivity contribution < 1.29 is 17.7 Å². The number of piperazine rings is 1. The summed E-state index contributed by atoms with van der Waals surface area (Å²) in [6, 6.07) is 3.64. The molecule has 7 nitrogen and oxygen atoms in total. The lowest BCUT2D eigenvalue weighted by Crippen LogP contribution is -2.50. The summed E-state index contributed by atoms with van der Waals surface area (Å²) in [4.78, 5) is 14.5. The number of hydrogen-bond donors (Lipinski definition) is 0. The van der Waals surface area contributed by atoms with Crippen LogP contribution in [-0.2, 0) is 9.84 Å². The highest BCUT2D eigenvalue weighted by atomic mass is 32.2. The molecule has 0 aliphatic carbocycles. The van der Waals surface area contributed by atoms with Gasteiger partial charge in [-0.05, 0) is 18.6 Å². The van der Waals surface area contributed by atoms with Crippen molar-refractivity contribution in [2.75, 3.05) is 42.6 Å². The Balaban J connectivity index is 1.69. The third-order valence-corrected chi connectivity index (χ3v) is 6.26. The highest BCUT2D eigenvalue weighted by Gasteiger charge is 2.34. The van der Waals surface area contributed by atoms with Crippen LogP contribution in [0, 0.1) is 15.9 Å². The van der Waals surface area contributed by atoms with Crippen molar-refractivity contribution in [3.63, 3.8) is 0 Å². The number of nitro benzene ring substituents is 1. The second-order valence-electron chi connectivity index (χ2n) is 5.97. The molecular formula is C14H18FN3O4S. The maximum absolute atomic E-state index is 13.2. The fraction of sp³-hybridized carbons (Fsp3) is 0.571. The molecule has 2 saturated heterocycles. The van der Waals surface area contributed by atoms with E-state index in [4.69, 9.17) is 0 Å². The van der Waals surface area contributed by atoms with E-state index in [0.29, 0.717) is 38.3 Å². The molecule has 0 aromatic heterocycles. The molecule has 1 unspecified atom stereocenters. The Kier molecular flexibility index (Phi) is 4.24. The molecule has 0 saturated carbocycles. The van der Waals surface area contributed by atoms with E-state index in [2.05, 4.69) is 4.90 Å². The first-order chi connectivity index (χ1) is 10.9. The summed E-state index contributed by atoms with van der Waals surface area (Å²) in [6.07, 6.45) is 0.652. The van der Waals surface area contributed by atoms with Gasteiger partial charge in [-0.15, -0.1) is 0 Å². The summed E-state index contributed by atoms with van der Waals surface area (Å²) in [6.45, 7) is 2.41. The van der Waals surface area contributed by atoms with Gasteiger partial charge < -0.3 is 4.90 Å². The minimum absolute atomic E-state index is 0.0466. The van der Waals surface area contributed by atoms with Crippen molar-refractivity contribution in [2.45, 2.75) is 12.5 Å². The molecule has 1 aromatic rings. The van der Waals surface area contributed by atoms with Crippen molar-refractivity contribution >= 4 is 21.2 Å². The zero-order valence-electron chi connectivity index (χ0n) is 12.5. The Hall–Kier alpha value is -1.74. The lowest BCUT2D eigenvalue weighted by atomic mass is 10.1. The van der Waals surface area contributed by atoms with Crippen LogP contribution >= 0.6 is 0 Å². The lowest BCUT2D eigenvalue weighted by molar-refractivity contribution is -0.384. The van der Waals surface area contributed by atoms with E-state index in [1.165, 1.54) is 12.1 Å². The van der Waals surface area contributed by atoms with Crippen LogP contribution < -0.4 is 4.90 Å². The smallest absolute Gasteiger partial charge is 0.295 e. The van der Waals surface area contributed by atoms with Gasteiger partial charge in [0.25, 0.3) is 5.69 Å². The molecule has 9 heteroatoms. The molecule has 2 fully saturated rings. The van der Waals surface area contributed by atoms with E-state index < -0.39 is 20.6 Å². The molecule has 1 atom stereocenters. The summed E-state index contributed by atoms with van der Waals surface area (Å²) in [7, 11) is -2.92. The zero-order chi connectivity index (χ0) is 16.6. The van der Waals surface area contributed by atoms with Gasteiger partial charge in [-0.1, -0.05) is 0 Å². The van der Waals surface area contributed by atoms with Crippen LogP contribution in [0.25, 0.3) is 0 Å². The number of halogens is 1. The van der Waals surface area contributed by atoms with Crippen LogP contribution in [0.5, 0.6) is 0 Å². The fourth-order valence-corrected chi connectivity index (χ4v) is 5.06. The molecule has 23 heavy (non-hydrogen) atoms. The largest absolute Gasteiger partial charge is 0.363 e. The number of benzene rings is 1. The lowest BCUT2D eigenvalue weighted by Gasteiger charge is -2.38. The quantitative estimate of drug-likeness (QED) is 0.602. The van der Waals surface area contributed by atoms with Crippen molar-refractivity contribution in [3.05, 3.63) is 34.1 Å². The summed E-state index contributed by atoms with van der Waals surface area (Å²) in [5.74, 6) is -0.194. The minimum atomic E-state index is -2.92. The van der Waals surface area contributed by atoms with Crippen molar-refractivity contribution in [1.29, 1.82) is 0 Å². The molecule has 0 amide bonds. The minimum Gasteiger partial charge on any atom is -0.363 e. The van der Waals surface area contributed by atoms with Gasteiger partial charge in [-0.3, -0.25) is 15.0 Å². The zero-order valence-corrected chi connectivity index (χ0v) is 13.3. The van der Waals surface area contributed by atoms with E-state index in [-0.39, 0.29) is 23.2 Å². The van der Waals surface area contributed by atoms with E-state index in [1.54, 1.807) is 0 Å². The van der Waals surface area contributed by atoms with Crippen LogP contribution in [-0.4, -0.2) is 62.0 Å². The summed E-state index contributed by atoms with van der Waals surface area (Å²) in [5.41, 5.74) is 0.178. The Morgan fingerprint density at radius 1 is 1.22 bits per heavy atom. The highest BCUT2D eigenvalue weighted by molar-refractivity contribution is 7.91. The van der Waals surface area contributed by atoms with Crippen LogP contribution in [0.1, 0.15) is 6.42 Å². The molecule has 2 heterocycles. The first kappa shape index (κ1) is 16.1. The van der Waals surface area contributed by atoms with Crippen LogP contribution in [0.4, 0.5) is 15.8 Å². The Bertz CT molecular complexity index is 717. The Morgan fingerprint density at radius 3 is 2.48 bits per heavy atom. The average molecular weight is 343 g/mol. The van der Waals surface area contributed by atoms with Gasteiger partial charge in [0.15, 0.2) is 9.84 Å². The summed E-state index contributed by atoms with van der Waals surface area (Å²) in [5, 5.41) is 11.1. The third kappa shape index (κ3) is 3.45. The Morgan fingerprint density at radius 2 is 1.91 bits per heavy atom. The van der Waals surface area contributed by atoms with Crippen molar-refractivity contribution in [2.24, 2.45) is 0 Å². The first-order valence-electron chi connectivity index (χ1n) is 7.49. The molecule has 0 bridgehead atoms. The van der Waals surface area contributed by atoms with E-state index in [0.717, 1.165) is 6.07 Å². The van der Waals surface area contributed by atoms with Gasteiger partial charge in [0.2, 0.25) is 0 Å². The monoisotopic (exact) mass is 343 g/mol. The van der Waals surface area contributed by atoms with E-state index in [1.807, 2.05) is 4.90 Å². The Labute approximate surface area is 133 Å². The number of sulfone groups is 1. The first-order valence-corrected chi connectivity index (χ1v) is 9.31. The molecule has 0 N–H and O–H groups in total. The molecule has 126 valence electrons. The second kappa shape index (κ2) is 6.04. The van der Waals surface area contributed by atoms with Gasteiger partial charge in [0.05, 0.1) is 22.5 Å². The maximum atomic E-state index is 13.2. The van der Waals surface area contributed by atoms with Crippen LogP contribution in [0.3, 0.4) is 0 Å². The molecular weight excluding hydrogens is 325 g/mol. The van der Waals surface area contributed by atoms with Gasteiger partial charge in [0.1, 0.15) is 11.5 Å². The predicted octanol–water partition coefficient (Wildman–Crippen LogP) is 1.04. The number of rotatable bonds is 3. The van der Waals surface area contributed by atoms with Crippen molar-refractivity contribution in [3.8, 4) is 0 Å². The maximum Gasteiger partial charge on any atom is 0.295 e. The van der Waals surface area contributed by atoms with Crippen LogP contribution in [0.2, 0.25) is 0 Å². The molecule has 0 spiro atoms. The molecule has 2 aliphatic rings. The number of anilines is 1. The summed E-state index contributed by atoms with van der Waals surface area (Å²) >= 11 is 0. The fourth-order valence-electron chi connectivity index (χ4n) is 3.30. The number of nitrogens with zero attached hydrogens (tertiary/aromatic N) is 3. The molecule has 3 rings (SSSR count). The van der Waals surface area contributed by atoms with Gasteiger partial charge in [-0.2, -0.15) is 0 Å². The van der Waals surface area contributed by atoms with Gasteiger partial charge >= 0.3 is 0 Å². The summed E-state index contributed by atoms with van der Waals surface area (Å²) < 4.78 is 36.4. The highest BCUT2D eigenvalue weighted by Crippen LogP contribution is 2.30. The molecule has 0 radical (unpaired) electrons. The standard InChI is InChI=1S/C14H18FN3O4S/c15-11-1-2-13(14(9-11)18(19)20)17-6-4-16(5-7-17)12-3-8-23(21,22)10-12/h1-2,9,12H,3-8,10H2.